The van der Waals surface area contributed by atoms with E-state index in [0.29, 0.717) is 33.6 Å². The highest BCUT2D eigenvalue weighted by Gasteiger charge is 2.11. The first-order valence-corrected chi connectivity index (χ1v) is 10.3. The van der Waals surface area contributed by atoms with E-state index in [-0.39, 0.29) is 30.3 Å². The summed E-state index contributed by atoms with van der Waals surface area (Å²) in [6.07, 6.45) is 1.56. The molecule has 4 aromatic rings. The number of carbonyl (C=O) groups is 2. The maximum absolute atomic E-state index is 12.5. The quantitative estimate of drug-likeness (QED) is 0.455. The van der Waals surface area contributed by atoms with E-state index >= 15 is 0 Å². The molecule has 0 spiro atoms. The number of rotatable bonds is 7. The number of anilines is 2. The lowest BCUT2D eigenvalue weighted by Crippen LogP contribution is -2.23. The first-order valence-electron chi connectivity index (χ1n) is 10.3. The Bertz CT molecular complexity index is 1360. The molecule has 2 amide bonds. The van der Waals surface area contributed by atoms with Crippen LogP contribution in [-0.2, 0) is 11.3 Å². The third-order valence-electron chi connectivity index (χ3n) is 5.10. The Hall–Kier alpha value is -4.46. The first-order chi connectivity index (χ1) is 16.0. The van der Waals surface area contributed by atoms with Crippen LogP contribution in [0.4, 0.5) is 11.4 Å². The van der Waals surface area contributed by atoms with E-state index in [4.69, 9.17) is 4.74 Å². The SMILES string of the molecule is COc1ccccc1NC(=O)c1ccc(NC(=O)CCn2cnc3ccccc3c2=O)cc1. The minimum Gasteiger partial charge on any atom is -0.495 e. The van der Waals surface area contributed by atoms with Crippen molar-refractivity contribution in [3.63, 3.8) is 0 Å². The molecule has 0 saturated heterocycles. The van der Waals surface area contributed by atoms with Crippen molar-refractivity contribution in [1.29, 1.82) is 0 Å². The van der Waals surface area contributed by atoms with Gasteiger partial charge in [0.2, 0.25) is 5.91 Å². The highest BCUT2D eigenvalue weighted by molar-refractivity contribution is 6.05. The fourth-order valence-electron chi connectivity index (χ4n) is 3.36. The number of methoxy groups -OCH3 is 1. The van der Waals surface area contributed by atoms with Gasteiger partial charge in [0.25, 0.3) is 11.5 Å². The Morgan fingerprint density at radius 1 is 0.939 bits per heavy atom. The van der Waals surface area contributed by atoms with Crippen molar-refractivity contribution in [3.8, 4) is 5.75 Å². The minimum atomic E-state index is -0.291. The summed E-state index contributed by atoms with van der Waals surface area (Å²) in [5, 5.41) is 6.10. The van der Waals surface area contributed by atoms with Crippen LogP contribution >= 0.6 is 0 Å². The molecule has 3 aromatic carbocycles. The molecule has 0 aliphatic rings. The molecule has 0 bridgehead atoms. The van der Waals surface area contributed by atoms with Crippen LogP contribution in [0.2, 0.25) is 0 Å². The molecule has 0 aliphatic carbocycles. The highest BCUT2D eigenvalue weighted by atomic mass is 16.5. The van der Waals surface area contributed by atoms with Gasteiger partial charge >= 0.3 is 0 Å². The monoisotopic (exact) mass is 442 g/mol. The van der Waals surface area contributed by atoms with Crippen LogP contribution in [-0.4, -0.2) is 28.5 Å². The van der Waals surface area contributed by atoms with E-state index in [1.54, 1.807) is 60.7 Å². The number of hydrogen-bond donors (Lipinski definition) is 2. The van der Waals surface area contributed by atoms with E-state index in [0.717, 1.165) is 0 Å². The Morgan fingerprint density at radius 2 is 1.67 bits per heavy atom. The van der Waals surface area contributed by atoms with Crippen molar-refractivity contribution in [2.75, 3.05) is 17.7 Å². The molecule has 0 fully saturated rings. The molecule has 0 unspecified atom stereocenters. The summed E-state index contributed by atoms with van der Waals surface area (Å²) >= 11 is 0. The van der Waals surface area contributed by atoms with Crippen LogP contribution in [0.5, 0.6) is 5.75 Å². The van der Waals surface area contributed by atoms with E-state index in [1.165, 1.54) is 18.0 Å². The second-order valence-corrected chi connectivity index (χ2v) is 7.29. The summed E-state index contributed by atoms with van der Waals surface area (Å²) < 4.78 is 6.66. The lowest BCUT2D eigenvalue weighted by molar-refractivity contribution is -0.116. The number of hydrogen-bond acceptors (Lipinski definition) is 5. The molecule has 4 rings (SSSR count). The minimum absolute atomic E-state index is 0.107. The lowest BCUT2D eigenvalue weighted by Gasteiger charge is -2.11. The Labute approximate surface area is 189 Å². The summed E-state index contributed by atoms with van der Waals surface area (Å²) in [6.45, 7) is 0.210. The molecule has 0 aliphatic heterocycles. The van der Waals surface area contributed by atoms with Crippen LogP contribution < -0.4 is 20.9 Å². The van der Waals surface area contributed by atoms with Gasteiger partial charge in [-0.3, -0.25) is 19.0 Å². The summed E-state index contributed by atoms with van der Waals surface area (Å²) in [7, 11) is 1.54. The molecule has 8 nitrogen and oxygen atoms in total. The van der Waals surface area contributed by atoms with Gasteiger partial charge < -0.3 is 15.4 Å². The van der Waals surface area contributed by atoms with Crippen molar-refractivity contribution in [3.05, 3.63) is 95.0 Å². The standard InChI is InChI=1S/C25H22N4O4/c1-33-22-9-5-4-8-21(22)28-24(31)17-10-12-18(13-11-17)27-23(30)14-15-29-16-26-20-7-3-2-6-19(20)25(29)32/h2-13,16H,14-15H2,1H3,(H,27,30)(H,28,31). The van der Waals surface area contributed by atoms with Gasteiger partial charge in [-0.2, -0.15) is 0 Å². The Morgan fingerprint density at radius 3 is 2.45 bits per heavy atom. The van der Waals surface area contributed by atoms with E-state index in [2.05, 4.69) is 15.6 Å². The van der Waals surface area contributed by atoms with Crippen molar-refractivity contribution < 1.29 is 14.3 Å². The number of para-hydroxylation sites is 3. The number of nitrogens with zero attached hydrogens (tertiary/aromatic N) is 2. The molecule has 1 heterocycles. The second kappa shape index (κ2) is 9.78. The normalized spacial score (nSPS) is 10.6. The maximum Gasteiger partial charge on any atom is 0.261 e. The number of aromatic nitrogens is 2. The summed E-state index contributed by atoms with van der Waals surface area (Å²) in [5.74, 6) is 0.0253. The molecule has 8 heteroatoms. The van der Waals surface area contributed by atoms with E-state index in [1.807, 2.05) is 12.1 Å². The third kappa shape index (κ3) is 5.07. The highest BCUT2D eigenvalue weighted by Crippen LogP contribution is 2.24. The number of fused-ring (bicyclic) bond motifs is 1. The molecule has 2 N–H and O–H groups in total. The van der Waals surface area contributed by atoms with Gasteiger partial charge in [-0.1, -0.05) is 24.3 Å². The molecular weight excluding hydrogens is 420 g/mol. The smallest absolute Gasteiger partial charge is 0.261 e. The number of nitrogens with one attached hydrogen (secondary N) is 2. The zero-order chi connectivity index (χ0) is 23.2. The van der Waals surface area contributed by atoms with Crippen LogP contribution in [0.15, 0.2) is 83.9 Å². The Balaban J connectivity index is 1.35. The topological polar surface area (TPSA) is 102 Å². The van der Waals surface area contributed by atoms with Gasteiger partial charge in [-0.05, 0) is 48.5 Å². The van der Waals surface area contributed by atoms with Gasteiger partial charge in [0, 0.05) is 24.2 Å². The van der Waals surface area contributed by atoms with E-state index in [9.17, 15) is 14.4 Å². The first kappa shape index (κ1) is 21.8. The van der Waals surface area contributed by atoms with Gasteiger partial charge in [0.15, 0.2) is 0 Å². The van der Waals surface area contributed by atoms with Crippen LogP contribution in [0, 0.1) is 0 Å². The summed E-state index contributed by atoms with van der Waals surface area (Å²) in [5.41, 5.74) is 2.00. The summed E-state index contributed by atoms with van der Waals surface area (Å²) in [6, 6.07) is 20.8. The number of amides is 2. The average Bonchev–Trinajstić information content (AvgIpc) is 2.84. The van der Waals surface area contributed by atoms with Crippen molar-refractivity contribution in [2.24, 2.45) is 0 Å². The van der Waals surface area contributed by atoms with Crippen molar-refractivity contribution >= 4 is 34.1 Å². The maximum atomic E-state index is 12.5. The fourth-order valence-corrected chi connectivity index (χ4v) is 3.36. The van der Waals surface area contributed by atoms with Crippen molar-refractivity contribution in [1.82, 2.24) is 9.55 Å². The lowest BCUT2D eigenvalue weighted by atomic mass is 10.2. The van der Waals surface area contributed by atoms with Gasteiger partial charge in [0.1, 0.15) is 5.75 Å². The summed E-state index contributed by atoms with van der Waals surface area (Å²) in [4.78, 5) is 41.6. The molecular formula is C25H22N4O4. The second-order valence-electron chi connectivity index (χ2n) is 7.29. The largest absolute Gasteiger partial charge is 0.495 e. The number of carbonyl (C=O) groups excluding carboxylic acids is 2. The van der Waals surface area contributed by atoms with E-state index < -0.39 is 0 Å². The Kier molecular flexibility index (Phi) is 6.45. The average molecular weight is 442 g/mol. The third-order valence-corrected chi connectivity index (χ3v) is 5.10. The van der Waals surface area contributed by atoms with Crippen molar-refractivity contribution in [2.45, 2.75) is 13.0 Å². The van der Waals surface area contributed by atoms with Gasteiger partial charge in [-0.15, -0.1) is 0 Å². The zero-order valence-electron chi connectivity index (χ0n) is 17.9. The molecule has 0 atom stereocenters. The van der Waals surface area contributed by atoms with Crippen LogP contribution in [0.25, 0.3) is 10.9 Å². The number of benzene rings is 3. The van der Waals surface area contributed by atoms with Gasteiger partial charge in [0.05, 0.1) is 30.0 Å². The predicted octanol–water partition coefficient (Wildman–Crippen LogP) is 3.69. The van der Waals surface area contributed by atoms with Gasteiger partial charge in [-0.25, -0.2) is 4.98 Å². The van der Waals surface area contributed by atoms with Crippen LogP contribution in [0.3, 0.4) is 0 Å². The molecule has 0 radical (unpaired) electrons. The molecule has 166 valence electrons. The fraction of sp³-hybridized carbons (Fsp3) is 0.120. The number of ether oxygens (including phenoxy) is 1. The number of aryl methyl sites for hydroxylation is 1. The zero-order valence-corrected chi connectivity index (χ0v) is 17.9. The molecule has 0 saturated carbocycles. The molecule has 33 heavy (non-hydrogen) atoms. The molecule has 1 aromatic heterocycles. The van der Waals surface area contributed by atoms with Crippen LogP contribution in [0.1, 0.15) is 16.8 Å². The predicted molar refractivity (Wildman–Crippen MR) is 127 cm³/mol.